The van der Waals surface area contributed by atoms with E-state index in [1.807, 2.05) is 18.2 Å². The first kappa shape index (κ1) is 13.3. The average Bonchev–Trinajstić information content (AvgIpc) is 2.39. The summed E-state index contributed by atoms with van der Waals surface area (Å²) in [5.41, 5.74) is 1.07. The first-order chi connectivity index (χ1) is 9.15. The van der Waals surface area contributed by atoms with Crippen LogP contribution < -0.4 is 5.32 Å². The zero-order valence-corrected chi connectivity index (χ0v) is 10.8. The molecule has 0 bridgehead atoms. The van der Waals surface area contributed by atoms with Crippen LogP contribution in [0.4, 0.5) is 5.82 Å². The molecule has 2 N–H and O–H groups in total. The number of hydrogen-bond donors (Lipinski definition) is 2. The van der Waals surface area contributed by atoms with Gasteiger partial charge in [0, 0.05) is 24.9 Å². The Bertz CT molecular complexity index is 575. The zero-order chi connectivity index (χ0) is 13.7. The minimum Gasteiger partial charge on any atom is -0.478 e. The lowest BCUT2D eigenvalue weighted by Crippen LogP contribution is -2.08. The zero-order valence-electron chi connectivity index (χ0n) is 10.0. The SMILES string of the molecule is O=C(O)c1cc(Cl)nc(NCCc2ccccn2)c1. The highest BCUT2D eigenvalue weighted by atomic mass is 35.5. The van der Waals surface area contributed by atoms with Crippen LogP contribution in [0, 0.1) is 0 Å². The number of halogens is 1. The number of rotatable bonds is 5. The fraction of sp³-hybridized carbons (Fsp3) is 0.154. The highest BCUT2D eigenvalue weighted by Crippen LogP contribution is 2.14. The Balaban J connectivity index is 1.98. The predicted octanol–water partition coefficient (Wildman–Crippen LogP) is 2.48. The van der Waals surface area contributed by atoms with Gasteiger partial charge in [0.25, 0.3) is 0 Å². The second-order valence-electron chi connectivity index (χ2n) is 3.87. The van der Waals surface area contributed by atoms with Gasteiger partial charge in [0.2, 0.25) is 0 Å². The third kappa shape index (κ3) is 3.93. The van der Waals surface area contributed by atoms with Gasteiger partial charge in [0.15, 0.2) is 0 Å². The van der Waals surface area contributed by atoms with Crippen molar-refractivity contribution in [3.63, 3.8) is 0 Å². The minimum absolute atomic E-state index is 0.111. The first-order valence-electron chi connectivity index (χ1n) is 5.70. The Morgan fingerprint density at radius 1 is 1.37 bits per heavy atom. The molecule has 0 aromatic carbocycles. The molecule has 5 nitrogen and oxygen atoms in total. The molecule has 0 fully saturated rings. The van der Waals surface area contributed by atoms with Crippen LogP contribution in [0.5, 0.6) is 0 Å². The van der Waals surface area contributed by atoms with Crippen molar-refractivity contribution in [1.82, 2.24) is 9.97 Å². The Labute approximate surface area is 115 Å². The smallest absolute Gasteiger partial charge is 0.335 e. The fourth-order valence-electron chi connectivity index (χ4n) is 1.58. The molecule has 0 atom stereocenters. The van der Waals surface area contributed by atoms with Gasteiger partial charge in [0.05, 0.1) is 5.56 Å². The quantitative estimate of drug-likeness (QED) is 0.821. The number of carboxylic acid groups (broad SMARTS) is 1. The molecule has 0 unspecified atom stereocenters. The second-order valence-corrected chi connectivity index (χ2v) is 4.25. The summed E-state index contributed by atoms with van der Waals surface area (Å²) in [5.74, 6) is -0.585. The summed E-state index contributed by atoms with van der Waals surface area (Å²) >= 11 is 5.76. The topological polar surface area (TPSA) is 75.1 Å². The monoisotopic (exact) mass is 277 g/mol. The Morgan fingerprint density at radius 3 is 2.89 bits per heavy atom. The summed E-state index contributed by atoms with van der Waals surface area (Å²) < 4.78 is 0. The van der Waals surface area contributed by atoms with Crippen LogP contribution in [0.15, 0.2) is 36.5 Å². The number of pyridine rings is 2. The molecule has 98 valence electrons. The highest BCUT2D eigenvalue weighted by molar-refractivity contribution is 6.29. The van der Waals surface area contributed by atoms with Crippen LogP contribution in [0.1, 0.15) is 16.1 Å². The fourth-order valence-corrected chi connectivity index (χ4v) is 1.78. The van der Waals surface area contributed by atoms with E-state index in [4.69, 9.17) is 16.7 Å². The molecular formula is C13H12ClN3O2. The molecule has 2 aromatic heterocycles. The molecule has 0 saturated carbocycles. The molecule has 19 heavy (non-hydrogen) atoms. The summed E-state index contributed by atoms with van der Waals surface area (Å²) in [7, 11) is 0. The van der Waals surface area contributed by atoms with E-state index in [1.165, 1.54) is 12.1 Å². The average molecular weight is 278 g/mol. The molecular weight excluding hydrogens is 266 g/mol. The third-order valence-electron chi connectivity index (χ3n) is 2.45. The Morgan fingerprint density at radius 2 is 2.21 bits per heavy atom. The van der Waals surface area contributed by atoms with E-state index in [2.05, 4.69) is 15.3 Å². The summed E-state index contributed by atoms with van der Waals surface area (Å²) in [6, 6.07) is 8.47. The van der Waals surface area contributed by atoms with Gasteiger partial charge in [-0.1, -0.05) is 17.7 Å². The van der Waals surface area contributed by atoms with E-state index in [0.29, 0.717) is 12.4 Å². The molecule has 6 heteroatoms. The summed E-state index contributed by atoms with van der Waals surface area (Å²) in [4.78, 5) is 19.1. The van der Waals surface area contributed by atoms with Crippen LogP contribution in [0.25, 0.3) is 0 Å². The van der Waals surface area contributed by atoms with Crippen LogP contribution in [-0.4, -0.2) is 27.6 Å². The van der Waals surface area contributed by atoms with E-state index < -0.39 is 5.97 Å². The minimum atomic E-state index is -1.03. The lowest BCUT2D eigenvalue weighted by atomic mass is 10.2. The molecule has 2 heterocycles. The molecule has 2 rings (SSSR count). The maximum Gasteiger partial charge on any atom is 0.335 e. The van der Waals surface area contributed by atoms with Crippen molar-refractivity contribution in [3.8, 4) is 0 Å². The van der Waals surface area contributed by atoms with E-state index in [9.17, 15) is 4.79 Å². The first-order valence-corrected chi connectivity index (χ1v) is 6.07. The molecule has 2 aromatic rings. The van der Waals surface area contributed by atoms with Gasteiger partial charge >= 0.3 is 5.97 Å². The van der Waals surface area contributed by atoms with Gasteiger partial charge in [0.1, 0.15) is 11.0 Å². The Hall–Kier alpha value is -2.14. The van der Waals surface area contributed by atoms with Crippen LogP contribution in [0.3, 0.4) is 0 Å². The molecule has 0 spiro atoms. The largest absolute Gasteiger partial charge is 0.478 e. The summed E-state index contributed by atoms with van der Waals surface area (Å²) in [6.07, 6.45) is 2.45. The number of hydrogen-bond acceptors (Lipinski definition) is 4. The number of aromatic carboxylic acids is 1. The molecule has 0 saturated heterocycles. The van der Waals surface area contributed by atoms with Crippen molar-refractivity contribution < 1.29 is 9.90 Å². The number of aromatic nitrogens is 2. The van der Waals surface area contributed by atoms with Crippen molar-refractivity contribution in [2.45, 2.75) is 6.42 Å². The molecule has 0 amide bonds. The maximum absolute atomic E-state index is 10.9. The number of carbonyl (C=O) groups is 1. The third-order valence-corrected chi connectivity index (χ3v) is 2.65. The number of anilines is 1. The normalized spacial score (nSPS) is 10.2. The van der Waals surface area contributed by atoms with Gasteiger partial charge in [-0.05, 0) is 24.3 Å². The van der Waals surface area contributed by atoms with E-state index in [0.717, 1.165) is 12.1 Å². The highest BCUT2D eigenvalue weighted by Gasteiger charge is 2.07. The van der Waals surface area contributed by atoms with E-state index >= 15 is 0 Å². The van der Waals surface area contributed by atoms with Crippen molar-refractivity contribution in [3.05, 3.63) is 52.9 Å². The number of nitrogens with one attached hydrogen (secondary N) is 1. The van der Waals surface area contributed by atoms with Crippen molar-refractivity contribution in [2.75, 3.05) is 11.9 Å². The van der Waals surface area contributed by atoms with Crippen molar-refractivity contribution in [2.24, 2.45) is 0 Å². The molecule has 0 aliphatic rings. The van der Waals surface area contributed by atoms with Crippen LogP contribution in [0.2, 0.25) is 5.15 Å². The van der Waals surface area contributed by atoms with Crippen LogP contribution >= 0.6 is 11.6 Å². The molecule has 0 aliphatic heterocycles. The van der Waals surface area contributed by atoms with Gasteiger partial charge < -0.3 is 10.4 Å². The Kier molecular flexibility index (Phi) is 4.30. The van der Waals surface area contributed by atoms with Gasteiger partial charge in [-0.2, -0.15) is 0 Å². The number of nitrogens with zero attached hydrogens (tertiary/aromatic N) is 2. The standard InChI is InChI=1S/C13H12ClN3O2/c14-11-7-9(13(18)19)8-12(17-11)16-6-4-10-3-1-2-5-15-10/h1-3,5,7-8H,4,6H2,(H,16,17)(H,18,19). The van der Waals surface area contributed by atoms with E-state index in [1.54, 1.807) is 6.20 Å². The lowest BCUT2D eigenvalue weighted by Gasteiger charge is -2.06. The number of carboxylic acids is 1. The van der Waals surface area contributed by atoms with Gasteiger partial charge in [-0.3, -0.25) is 4.98 Å². The van der Waals surface area contributed by atoms with Gasteiger partial charge in [-0.15, -0.1) is 0 Å². The summed E-state index contributed by atoms with van der Waals surface area (Å²) in [6.45, 7) is 0.601. The van der Waals surface area contributed by atoms with Crippen molar-refractivity contribution >= 4 is 23.4 Å². The summed E-state index contributed by atoms with van der Waals surface area (Å²) in [5, 5.41) is 12.1. The lowest BCUT2D eigenvalue weighted by molar-refractivity contribution is 0.0697. The van der Waals surface area contributed by atoms with Gasteiger partial charge in [-0.25, -0.2) is 9.78 Å². The molecule has 0 radical (unpaired) electrons. The van der Waals surface area contributed by atoms with Crippen molar-refractivity contribution in [1.29, 1.82) is 0 Å². The molecule has 0 aliphatic carbocycles. The van der Waals surface area contributed by atoms with Crippen LogP contribution in [-0.2, 0) is 6.42 Å². The second kappa shape index (κ2) is 6.15. The maximum atomic E-state index is 10.9. The van der Waals surface area contributed by atoms with E-state index in [-0.39, 0.29) is 10.7 Å². The predicted molar refractivity (Wildman–Crippen MR) is 72.6 cm³/mol.